The summed E-state index contributed by atoms with van der Waals surface area (Å²) in [5.74, 6) is 0. The van der Waals surface area contributed by atoms with Crippen molar-refractivity contribution in [3.63, 3.8) is 0 Å². The van der Waals surface area contributed by atoms with Crippen LogP contribution in [0.25, 0.3) is 0 Å². The van der Waals surface area contributed by atoms with Crippen molar-refractivity contribution in [2.24, 2.45) is 0 Å². The van der Waals surface area contributed by atoms with Gasteiger partial charge < -0.3 is 34.2 Å². The number of hydrogen-bond acceptors (Lipinski definition) is 7. The summed E-state index contributed by atoms with van der Waals surface area (Å²) in [6.07, 6.45) is 1.76. The van der Waals surface area contributed by atoms with Crippen LogP contribution in [0.4, 0.5) is 11.4 Å². The molecule has 0 aromatic heterocycles. The quantitative estimate of drug-likeness (QED) is 0.219. The van der Waals surface area contributed by atoms with Crippen molar-refractivity contribution in [3.05, 3.63) is 59.7 Å². The summed E-state index contributed by atoms with van der Waals surface area (Å²) < 4.78 is 21.8. The fraction of sp³-hybridized carbons (Fsp3) is 0.478. The van der Waals surface area contributed by atoms with Crippen LogP contribution < -0.4 is 11.1 Å². The van der Waals surface area contributed by atoms with Gasteiger partial charge in [0.25, 0.3) is 0 Å². The van der Waals surface area contributed by atoms with Crippen LogP contribution in [-0.4, -0.2) is 61.1 Å². The first kappa shape index (κ1) is 25.3. The van der Waals surface area contributed by atoms with Crippen LogP contribution in [0.2, 0.25) is 6.04 Å². The second kappa shape index (κ2) is 13.5. The predicted octanol–water partition coefficient (Wildman–Crippen LogP) is 3.31. The highest BCUT2D eigenvalue weighted by Gasteiger charge is 2.36. The maximum Gasteiger partial charge on any atom is 0.500 e. The van der Waals surface area contributed by atoms with E-state index in [1.165, 1.54) is 11.1 Å². The van der Waals surface area contributed by atoms with E-state index in [2.05, 4.69) is 17.4 Å². The fourth-order valence-electron chi connectivity index (χ4n) is 3.22. The number of nitrogen functional groups attached to an aromatic ring is 1. The molecule has 0 aliphatic heterocycles. The lowest BCUT2D eigenvalue weighted by molar-refractivity contribution is 0.0810. The Morgan fingerprint density at radius 2 is 1.48 bits per heavy atom. The first-order chi connectivity index (χ1) is 15.0. The first-order valence-corrected chi connectivity index (χ1v) is 12.5. The zero-order valence-corrected chi connectivity index (χ0v) is 19.8. The van der Waals surface area contributed by atoms with Gasteiger partial charge in [0.15, 0.2) is 0 Å². The highest BCUT2D eigenvalue weighted by atomic mass is 28.4. The van der Waals surface area contributed by atoms with Gasteiger partial charge in [0.05, 0.1) is 6.10 Å². The molecule has 0 amide bonds. The monoisotopic (exact) mass is 448 g/mol. The molecule has 8 heteroatoms. The van der Waals surface area contributed by atoms with E-state index in [9.17, 15) is 5.11 Å². The molecule has 2 aromatic rings. The maximum absolute atomic E-state index is 10.2. The molecule has 0 saturated heterocycles. The third kappa shape index (κ3) is 8.98. The van der Waals surface area contributed by atoms with E-state index in [0.29, 0.717) is 32.2 Å². The highest BCUT2D eigenvalue weighted by Crippen LogP contribution is 2.16. The van der Waals surface area contributed by atoms with E-state index in [1.807, 2.05) is 36.4 Å². The van der Waals surface area contributed by atoms with Crippen molar-refractivity contribution in [2.75, 3.05) is 52.1 Å². The summed E-state index contributed by atoms with van der Waals surface area (Å²) in [5.41, 5.74) is 9.95. The molecular weight excluding hydrogens is 412 g/mol. The number of hydrogen-bond donors (Lipinski definition) is 3. The standard InChI is InChI=1S/C23H36N2O5Si/c1-27-31(28-2,29-3)16-4-14-30-15-13-23(26)18-25-22-11-7-20(8-12-22)17-19-5-9-21(24)10-6-19/h5-12,23,25-26H,4,13-18,24H2,1-3H3. The lowest BCUT2D eigenvalue weighted by Gasteiger charge is -2.24. The van der Waals surface area contributed by atoms with Crippen LogP contribution in [0, 0.1) is 0 Å². The Bertz CT molecular complexity index is 730. The molecule has 7 nitrogen and oxygen atoms in total. The Morgan fingerprint density at radius 1 is 0.903 bits per heavy atom. The molecule has 31 heavy (non-hydrogen) atoms. The molecule has 0 spiro atoms. The lowest BCUT2D eigenvalue weighted by Crippen LogP contribution is -2.42. The number of aliphatic hydroxyl groups excluding tert-OH is 1. The largest absolute Gasteiger partial charge is 0.500 e. The Morgan fingerprint density at radius 3 is 2.06 bits per heavy atom. The van der Waals surface area contributed by atoms with Crippen molar-refractivity contribution < 1.29 is 23.1 Å². The van der Waals surface area contributed by atoms with E-state index in [1.54, 1.807) is 21.3 Å². The Labute approximate surface area is 186 Å². The number of nitrogens with two attached hydrogens (primary N) is 1. The molecule has 0 saturated carbocycles. The van der Waals surface area contributed by atoms with Gasteiger partial charge in [-0.05, 0) is 54.7 Å². The zero-order chi connectivity index (χ0) is 22.5. The third-order valence-electron chi connectivity index (χ3n) is 5.18. The molecule has 2 aromatic carbocycles. The lowest BCUT2D eigenvalue weighted by atomic mass is 10.0. The van der Waals surface area contributed by atoms with E-state index >= 15 is 0 Å². The topological polar surface area (TPSA) is 95.2 Å². The van der Waals surface area contributed by atoms with Crippen molar-refractivity contribution in [3.8, 4) is 0 Å². The summed E-state index contributed by atoms with van der Waals surface area (Å²) in [7, 11) is 2.30. The van der Waals surface area contributed by atoms with Gasteiger partial charge in [-0.25, -0.2) is 0 Å². The van der Waals surface area contributed by atoms with Gasteiger partial charge in [-0.15, -0.1) is 0 Å². The maximum atomic E-state index is 10.2. The molecule has 0 aliphatic rings. The van der Waals surface area contributed by atoms with Crippen molar-refractivity contribution in [1.29, 1.82) is 0 Å². The van der Waals surface area contributed by atoms with Crippen LogP contribution in [-0.2, 0) is 24.4 Å². The van der Waals surface area contributed by atoms with E-state index < -0.39 is 14.9 Å². The normalized spacial score (nSPS) is 12.6. The zero-order valence-electron chi connectivity index (χ0n) is 18.8. The molecule has 2 rings (SSSR count). The fourth-order valence-corrected chi connectivity index (χ4v) is 4.91. The second-order valence-corrected chi connectivity index (χ2v) is 10.5. The Kier molecular flexibility index (Phi) is 11.0. The van der Waals surface area contributed by atoms with E-state index in [0.717, 1.165) is 24.2 Å². The van der Waals surface area contributed by atoms with Crippen LogP contribution in [0.1, 0.15) is 24.0 Å². The number of benzene rings is 2. The van der Waals surface area contributed by atoms with Crippen molar-refractivity contribution in [2.45, 2.75) is 31.4 Å². The summed E-state index contributed by atoms with van der Waals surface area (Å²) in [4.78, 5) is 0. The van der Waals surface area contributed by atoms with Crippen LogP contribution >= 0.6 is 0 Å². The second-order valence-electron chi connectivity index (χ2n) is 7.45. The van der Waals surface area contributed by atoms with Gasteiger partial charge in [-0.3, -0.25) is 0 Å². The number of rotatable bonds is 15. The van der Waals surface area contributed by atoms with E-state index in [-0.39, 0.29) is 0 Å². The SMILES string of the molecule is CO[Si](CCCOCCC(O)CNc1ccc(Cc2ccc(N)cc2)cc1)(OC)OC. The smallest absolute Gasteiger partial charge is 0.399 e. The highest BCUT2D eigenvalue weighted by molar-refractivity contribution is 6.60. The summed E-state index contributed by atoms with van der Waals surface area (Å²) in [5, 5.41) is 13.4. The van der Waals surface area contributed by atoms with Crippen molar-refractivity contribution >= 4 is 20.2 Å². The average molecular weight is 449 g/mol. The number of nitrogens with one attached hydrogen (secondary N) is 1. The summed E-state index contributed by atoms with van der Waals surface area (Å²) in [6.45, 7) is 1.57. The third-order valence-corrected chi connectivity index (χ3v) is 8.02. The van der Waals surface area contributed by atoms with Gasteiger partial charge in [-0.2, -0.15) is 0 Å². The molecule has 1 unspecified atom stereocenters. The molecule has 172 valence electrons. The first-order valence-electron chi connectivity index (χ1n) is 10.6. The number of aliphatic hydroxyl groups is 1. The van der Waals surface area contributed by atoms with E-state index in [4.69, 9.17) is 23.7 Å². The van der Waals surface area contributed by atoms with Crippen molar-refractivity contribution in [1.82, 2.24) is 0 Å². The van der Waals surface area contributed by atoms with Gasteiger partial charge in [0.1, 0.15) is 0 Å². The number of ether oxygens (including phenoxy) is 1. The van der Waals surface area contributed by atoms with Crippen LogP contribution in [0.5, 0.6) is 0 Å². The molecule has 0 bridgehead atoms. The Balaban J connectivity index is 1.60. The van der Waals surface area contributed by atoms with Crippen LogP contribution in [0.3, 0.4) is 0 Å². The minimum absolute atomic E-state index is 0.472. The average Bonchev–Trinajstić information content (AvgIpc) is 2.80. The minimum atomic E-state index is -2.52. The van der Waals surface area contributed by atoms with Crippen LogP contribution in [0.15, 0.2) is 48.5 Å². The Hall–Kier alpha value is -1.94. The van der Waals surface area contributed by atoms with Gasteiger partial charge >= 0.3 is 8.80 Å². The molecule has 0 fully saturated rings. The minimum Gasteiger partial charge on any atom is -0.399 e. The summed E-state index contributed by atoms with van der Waals surface area (Å²) in [6, 6.07) is 16.9. The molecule has 0 heterocycles. The molecule has 0 aliphatic carbocycles. The van der Waals surface area contributed by atoms with Gasteiger partial charge in [0.2, 0.25) is 0 Å². The predicted molar refractivity (Wildman–Crippen MR) is 126 cm³/mol. The van der Waals surface area contributed by atoms with Gasteiger partial charge in [0, 0.05) is 58.5 Å². The van der Waals surface area contributed by atoms with Gasteiger partial charge in [-0.1, -0.05) is 24.3 Å². The molecule has 4 N–H and O–H groups in total. The molecule has 1 atom stereocenters. The molecule has 0 radical (unpaired) electrons. The summed E-state index contributed by atoms with van der Waals surface area (Å²) >= 11 is 0. The number of anilines is 2. The molecular formula is C23H36N2O5Si.